The molecule has 0 bridgehead atoms. The van der Waals surface area contributed by atoms with E-state index in [1.165, 1.54) is 38.8 Å². The molecule has 0 heterocycles. The monoisotopic (exact) mass is 212 g/mol. The minimum Gasteiger partial charge on any atom is -0.317 e. The van der Waals surface area contributed by atoms with Gasteiger partial charge < -0.3 is 10.2 Å². The van der Waals surface area contributed by atoms with E-state index in [0.717, 1.165) is 12.0 Å². The van der Waals surface area contributed by atoms with Gasteiger partial charge in [0.15, 0.2) is 0 Å². The summed E-state index contributed by atoms with van der Waals surface area (Å²) in [6.07, 6.45) is 5.51. The van der Waals surface area contributed by atoms with Gasteiger partial charge in [0.2, 0.25) is 0 Å². The molecule has 0 aliphatic heterocycles. The van der Waals surface area contributed by atoms with Crippen molar-refractivity contribution in [2.24, 2.45) is 5.92 Å². The molecular weight excluding hydrogens is 184 g/mol. The van der Waals surface area contributed by atoms with Crippen molar-refractivity contribution in [3.05, 3.63) is 0 Å². The molecule has 1 atom stereocenters. The van der Waals surface area contributed by atoms with E-state index >= 15 is 0 Å². The average molecular weight is 212 g/mol. The van der Waals surface area contributed by atoms with Crippen LogP contribution in [0.4, 0.5) is 0 Å². The Bertz CT molecular complexity index is 164. The van der Waals surface area contributed by atoms with Crippen molar-refractivity contribution in [3.8, 4) is 0 Å². The Morgan fingerprint density at radius 1 is 1.13 bits per heavy atom. The molecule has 0 radical (unpaired) electrons. The molecule has 1 saturated carbocycles. The van der Waals surface area contributed by atoms with Crippen LogP contribution in [0, 0.1) is 5.92 Å². The lowest BCUT2D eigenvalue weighted by atomic mass is 10.1. The molecule has 1 unspecified atom stereocenters. The maximum Gasteiger partial charge on any atom is 0.00964 e. The average Bonchev–Trinajstić information content (AvgIpc) is 3.00. The molecule has 0 spiro atoms. The summed E-state index contributed by atoms with van der Waals surface area (Å²) in [5, 5.41) is 3.32. The topological polar surface area (TPSA) is 15.3 Å². The number of rotatable bonds is 8. The summed E-state index contributed by atoms with van der Waals surface area (Å²) in [7, 11) is 2.06. The highest BCUT2D eigenvalue weighted by molar-refractivity contribution is 4.85. The van der Waals surface area contributed by atoms with Crippen molar-refractivity contribution in [2.75, 3.05) is 20.1 Å². The molecule has 2 heteroatoms. The summed E-state index contributed by atoms with van der Waals surface area (Å²) >= 11 is 0. The van der Waals surface area contributed by atoms with Crippen molar-refractivity contribution in [1.29, 1.82) is 0 Å². The van der Waals surface area contributed by atoms with Gasteiger partial charge >= 0.3 is 0 Å². The first-order chi connectivity index (χ1) is 7.13. The highest BCUT2D eigenvalue weighted by Crippen LogP contribution is 2.27. The van der Waals surface area contributed by atoms with Gasteiger partial charge in [-0.2, -0.15) is 0 Å². The van der Waals surface area contributed by atoms with Crippen molar-refractivity contribution in [3.63, 3.8) is 0 Å². The first kappa shape index (κ1) is 13.0. The van der Waals surface area contributed by atoms with E-state index in [0.29, 0.717) is 6.04 Å². The summed E-state index contributed by atoms with van der Waals surface area (Å²) in [4.78, 5) is 2.70. The van der Waals surface area contributed by atoms with Crippen LogP contribution in [0.1, 0.15) is 46.5 Å². The molecular formula is C13H28N2. The molecule has 1 aliphatic rings. The van der Waals surface area contributed by atoms with Gasteiger partial charge in [0.05, 0.1) is 0 Å². The molecule has 1 N–H and O–H groups in total. The number of hydrogen-bond acceptors (Lipinski definition) is 2. The van der Waals surface area contributed by atoms with Crippen LogP contribution in [0.5, 0.6) is 0 Å². The molecule has 0 aromatic heterocycles. The standard InChI is InChI=1S/C13H28N2/c1-11(2)7-9-15(13-5-6-13)10-8-12(3)14-4/h11-14H,5-10H2,1-4H3. The lowest BCUT2D eigenvalue weighted by molar-refractivity contribution is 0.237. The third kappa shape index (κ3) is 5.53. The lowest BCUT2D eigenvalue weighted by Crippen LogP contribution is -2.33. The second-order valence-electron chi connectivity index (χ2n) is 5.43. The van der Waals surface area contributed by atoms with E-state index in [9.17, 15) is 0 Å². The van der Waals surface area contributed by atoms with Crippen molar-refractivity contribution in [2.45, 2.75) is 58.5 Å². The Balaban J connectivity index is 2.18. The molecule has 0 aromatic carbocycles. The Kier molecular flexibility index (Phi) is 5.62. The Morgan fingerprint density at radius 2 is 1.73 bits per heavy atom. The maximum atomic E-state index is 3.32. The molecule has 1 aliphatic carbocycles. The smallest absolute Gasteiger partial charge is 0.00964 e. The molecule has 90 valence electrons. The largest absolute Gasteiger partial charge is 0.317 e. The van der Waals surface area contributed by atoms with Crippen molar-refractivity contribution < 1.29 is 0 Å². The quantitative estimate of drug-likeness (QED) is 0.665. The fourth-order valence-corrected chi connectivity index (χ4v) is 1.84. The fraction of sp³-hybridized carbons (Fsp3) is 1.00. The zero-order valence-electron chi connectivity index (χ0n) is 10.9. The van der Waals surface area contributed by atoms with Crippen LogP contribution < -0.4 is 5.32 Å². The van der Waals surface area contributed by atoms with E-state index in [4.69, 9.17) is 0 Å². The SMILES string of the molecule is CNC(C)CCN(CCC(C)C)C1CC1. The minimum atomic E-state index is 0.658. The van der Waals surface area contributed by atoms with E-state index in [-0.39, 0.29) is 0 Å². The second kappa shape index (κ2) is 6.49. The highest BCUT2D eigenvalue weighted by atomic mass is 15.2. The molecule has 1 rings (SSSR count). The fourth-order valence-electron chi connectivity index (χ4n) is 1.84. The predicted molar refractivity (Wildman–Crippen MR) is 67.2 cm³/mol. The van der Waals surface area contributed by atoms with Gasteiger partial charge in [-0.1, -0.05) is 13.8 Å². The third-order valence-electron chi connectivity index (χ3n) is 3.40. The van der Waals surface area contributed by atoms with Gasteiger partial charge in [0.1, 0.15) is 0 Å². The third-order valence-corrected chi connectivity index (χ3v) is 3.40. The molecule has 0 amide bonds. The van der Waals surface area contributed by atoms with Gasteiger partial charge in [-0.25, -0.2) is 0 Å². The number of hydrogen-bond donors (Lipinski definition) is 1. The van der Waals surface area contributed by atoms with Gasteiger partial charge in [-0.3, -0.25) is 0 Å². The van der Waals surface area contributed by atoms with Crippen LogP contribution in [0.25, 0.3) is 0 Å². The normalized spacial score (nSPS) is 18.8. The Morgan fingerprint density at radius 3 is 2.20 bits per heavy atom. The minimum absolute atomic E-state index is 0.658. The summed E-state index contributed by atoms with van der Waals surface area (Å²) in [5.74, 6) is 0.841. The Hall–Kier alpha value is -0.0800. The molecule has 0 saturated heterocycles. The maximum absolute atomic E-state index is 3.32. The lowest BCUT2D eigenvalue weighted by Gasteiger charge is -2.24. The van der Waals surface area contributed by atoms with Gasteiger partial charge in [-0.15, -0.1) is 0 Å². The van der Waals surface area contributed by atoms with Crippen LogP contribution >= 0.6 is 0 Å². The molecule has 1 fully saturated rings. The molecule has 15 heavy (non-hydrogen) atoms. The zero-order valence-corrected chi connectivity index (χ0v) is 10.9. The van der Waals surface area contributed by atoms with E-state index in [2.05, 4.69) is 38.0 Å². The summed E-state index contributed by atoms with van der Waals surface area (Å²) in [6, 6.07) is 1.58. The second-order valence-corrected chi connectivity index (χ2v) is 5.43. The first-order valence-corrected chi connectivity index (χ1v) is 6.54. The van der Waals surface area contributed by atoms with E-state index in [1.807, 2.05) is 0 Å². The number of nitrogens with one attached hydrogen (secondary N) is 1. The van der Waals surface area contributed by atoms with Gasteiger partial charge in [0, 0.05) is 12.1 Å². The van der Waals surface area contributed by atoms with E-state index in [1.54, 1.807) is 0 Å². The first-order valence-electron chi connectivity index (χ1n) is 6.54. The van der Waals surface area contributed by atoms with Crippen molar-refractivity contribution >= 4 is 0 Å². The Labute approximate surface area is 95.4 Å². The number of nitrogens with zero attached hydrogens (tertiary/aromatic N) is 1. The van der Waals surface area contributed by atoms with Crippen LogP contribution in [0.15, 0.2) is 0 Å². The predicted octanol–water partition coefficient (Wildman–Crippen LogP) is 2.49. The van der Waals surface area contributed by atoms with Crippen LogP contribution in [0.2, 0.25) is 0 Å². The van der Waals surface area contributed by atoms with Crippen molar-refractivity contribution in [1.82, 2.24) is 10.2 Å². The van der Waals surface area contributed by atoms with Crippen LogP contribution in [0.3, 0.4) is 0 Å². The zero-order chi connectivity index (χ0) is 11.3. The molecule has 0 aromatic rings. The molecule has 2 nitrogen and oxygen atoms in total. The summed E-state index contributed by atoms with van der Waals surface area (Å²) in [6.45, 7) is 9.49. The van der Waals surface area contributed by atoms with Gasteiger partial charge in [0.25, 0.3) is 0 Å². The highest BCUT2D eigenvalue weighted by Gasteiger charge is 2.28. The van der Waals surface area contributed by atoms with E-state index < -0.39 is 0 Å². The van der Waals surface area contributed by atoms with Crippen LogP contribution in [-0.4, -0.2) is 37.1 Å². The van der Waals surface area contributed by atoms with Gasteiger partial charge in [-0.05, 0) is 58.7 Å². The summed E-state index contributed by atoms with van der Waals surface area (Å²) < 4.78 is 0. The van der Waals surface area contributed by atoms with Crippen LogP contribution in [-0.2, 0) is 0 Å². The summed E-state index contributed by atoms with van der Waals surface area (Å²) in [5.41, 5.74) is 0.